The summed E-state index contributed by atoms with van der Waals surface area (Å²) in [6.07, 6.45) is 4.74. The molecule has 0 aliphatic carbocycles. The van der Waals surface area contributed by atoms with Gasteiger partial charge < -0.3 is 28.4 Å². The van der Waals surface area contributed by atoms with Gasteiger partial charge in [0, 0.05) is 25.0 Å². The Kier molecular flexibility index (Phi) is 15.2. The number of carbonyl (C=O) groups is 4. The maximum absolute atomic E-state index is 12.9. The molecule has 1 heterocycles. The first kappa shape index (κ1) is 36.2. The Morgan fingerprint density at radius 2 is 1.00 bits per heavy atom. The van der Waals surface area contributed by atoms with E-state index in [1.165, 1.54) is 26.0 Å². The Hall–Kier alpha value is -4.28. The van der Waals surface area contributed by atoms with Gasteiger partial charge in [-0.15, -0.1) is 0 Å². The van der Waals surface area contributed by atoms with Gasteiger partial charge in [-0.05, 0) is 87.1 Å². The number of cyclic esters (lactones) is 2. The van der Waals surface area contributed by atoms with Gasteiger partial charge in [0.05, 0.1) is 39.6 Å². The molecular formula is C36H44O10. The minimum atomic E-state index is -0.686. The molecule has 1 aliphatic rings. The summed E-state index contributed by atoms with van der Waals surface area (Å²) in [5, 5.41) is 0. The summed E-state index contributed by atoms with van der Waals surface area (Å²) in [6.45, 7) is 3.38. The highest BCUT2D eigenvalue weighted by atomic mass is 16.5. The highest BCUT2D eigenvalue weighted by molar-refractivity contribution is 5.83. The average molecular weight is 637 g/mol. The summed E-state index contributed by atoms with van der Waals surface area (Å²) in [4.78, 5) is 49.8. The van der Waals surface area contributed by atoms with Gasteiger partial charge >= 0.3 is 11.9 Å². The summed E-state index contributed by atoms with van der Waals surface area (Å²) in [5.74, 6) is -0.0151. The van der Waals surface area contributed by atoms with Crippen molar-refractivity contribution in [2.75, 3.05) is 14.2 Å². The first-order chi connectivity index (χ1) is 22.1. The Bertz CT molecular complexity index is 1230. The summed E-state index contributed by atoms with van der Waals surface area (Å²) >= 11 is 0. The quantitative estimate of drug-likeness (QED) is 0.270. The second-order valence-electron chi connectivity index (χ2n) is 11.2. The number of benzene rings is 2. The molecule has 248 valence electrons. The van der Waals surface area contributed by atoms with Crippen molar-refractivity contribution in [1.82, 2.24) is 0 Å². The molecule has 0 fully saturated rings. The van der Waals surface area contributed by atoms with Crippen molar-refractivity contribution < 1.29 is 47.6 Å². The van der Waals surface area contributed by atoms with Crippen LogP contribution in [0.15, 0.2) is 72.8 Å². The van der Waals surface area contributed by atoms with E-state index in [-0.39, 0.29) is 37.6 Å². The maximum Gasteiger partial charge on any atom is 0.330 e. The van der Waals surface area contributed by atoms with Gasteiger partial charge in [0.25, 0.3) is 0 Å². The van der Waals surface area contributed by atoms with Gasteiger partial charge in [0.1, 0.15) is 35.3 Å². The minimum Gasteiger partial charge on any atom is -0.497 e. The number of Topliss-reactive ketones (excluding diaryl/α,β-unsaturated/α-hetero) is 2. The van der Waals surface area contributed by atoms with Crippen LogP contribution in [0.2, 0.25) is 0 Å². The van der Waals surface area contributed by atoms with Crippen molar-refractivity contribution in [3.05, 3.63) is 84.0 Å². The molecular weight excluding hydrogens is 592 g/mol. The van der Waals surface area contributed by atoms with Crippen molar-refractivity contribution in [2.24, 2.45) is 0 Å². The fourth-order valence-corrected chi connectivity index (χ4v) is 4.85. The lowest BCUT2D eigenvalue weighted by Gasteiger charge is -2.22. The lowest BCUT2D eigenvalue weighted by Crippen LogP contribution is -2.24. The topological polar surface area (TPSA) is 124 Å². The van der Waals surface area contributed by atoms with E-state index in [1.54, 1.807) is 26.4 Å². The molecule has 0 aromatic heterocycles. The lowest BCUT2D eigenvalue weighted by molar-refractivity contribution is -0.145. The van der Waals surface area contributed by atoms with E-state index in [4.69, 9.17) is 28.4 Å². The van der Waals surface area contributed by atoms with Crippen LogP contribution in [0.3, 0.4) is 0 Å². The van der Waals surface area contributed by atoms with Crippen LogP contribution in [-0.4, -0.2) is 62.1 Å². The van der Waals surface area contributed by atoms with Gasteiger partial charge in [-0.25, -0.2) is 9.59 Å². The number of hydrogen-bond donors (Lipinski definition) is 0. The van der Waals surface area contributed by atoms with E-state index >= 15 is 0 Å². The summed E-state index contributed by atoms with van der Waals surface area (Å²) < 4.78 is 34.0. The average Bonchev–Trinajstić information content (AvgIpc) is 3.03. The van der Waals surface area contributed by atoms with E-state index in [1.807, 2.05) is 48.5 Å². The minimum absolute atomic E-state index is 0.0423. The van der Waals surface area contributed by atoms with Gasteiger partial charge in [0.2, 0.25) is 0 Å². The van der Waals surface area contributed by atoms with E-state index in [9.17, 15) is 19.2 Å². The van der Waals surface area contributed by atoms with Crippen molar-refractivity contribution in [1.29, 1.82) is 0 Å². The third-order valence-electron chi connectivity index (χ3n) is 7.28. The van der Waals surface area contributed by atoms with Gasteiger partial charge in [-0.2, -0.15) is 0 Å². The van der Waals surface area contributed by atoms with E-state index in [0.717, 1.165) is 11.1 Å². The Morgan fingerprint density at radius 1 is 0.630 bits per heavy atom. The number of carbonyl (C=O) groups excluding carboxylic acids is 4. The zero-order chi connectivity index (χ0) is 33.3. The smallest absolute Gasteiger partial charge is 0.330 e. The highest BCUT2D eigenvalue weighted by Crippen LogP contribution is 2.20. The standard InChI is InChI=1S/C36H44O10/c1-25(37)21-33-15-13-31(43-23-27-5-9-29(41-3)10-6-27)18-20-36(40)46-34(22-26(2)38)16-14-32(17-19-35(39)45-33)44-24-28-7-11-30(42-4)12-8-28/h5-12,17-20,31-34H,13-16,21-24H2,1-4H3/b19-17+,20-18+/t31-,32-,33-,34-/m0/s1. The molecule has 0 bridgehead atoms. The third-order valence-corrected chi connectivity index (χ3v) is 7.28. The van der Waals surface area contributed by atoms with Crippen molar-refractivity contribution in [3.8, 4) is 11.5 Å². The molecule has 0 saturated carbocycles. The second kappa shape index (κ2) is 19.3. The molecule has 2 aromatic rings. The summed E-state index contributed by atoms with van der Waals surface area (Å²) in [6, 6.07) is 14.8. The van der Waals surface area contributed by atoms with Crippen LogP contribution in [-0.2, 0) is 51.3 Å². The first-order valence-corrected chi connectivity index (χ1v) is 15.4. The van der Waals surface area contributed by atoms with Crippen molar-refractivity contribution >= 4 is 23.5 Å². The molecule has 0 spiro atoms. The number of hydrogen-bond acceptors (Lipinski definition) is 10. The Morgan fingerprint density at radius 3 is 1.33 bits per heavy atom. The van der Waals surface area contributed by atoms with Gasteiger partial charge in [-0.1, -0.05) is 24.3 Å². The molecule has 0 radical (unpaired) electrons. The normalized spacial score (nSPS) is 22.6. The second-order valence-corrected chi connectivity index (χ2v) is 11.2. The van der Waals surface area contributed by atoms with Crippen LogP contribution in [0.5, 0.6) is 11.5 Å². The van der Waals surface area contributed by atoms with Crippen LogP contribution < -0.4 is 9.47 Å². The summed E-state index contributed by atoms with van der Waals surface area (Å²) in [7, 11) is 3.18. The summed E-state index contributed by atoms with van der Waals surface area (Å²) in [5.41, 5.74) is 1.79. The van der Waals surface area contributed by atoms with Crippen LogP contribution in [0.4, 0.5) is 0 Å². The largest absolute Gasteiger partial charge is 0.497 e. The molecule has 0 amide bonds. The lowest BCUT2D eigenvalue weighted by atomic mass is 10.0. The Balaban J connectivity index is 1.79. The first-order valence-electron chi connectivity index (χ1n) is 15.4. The molecule has 2 aromatic carbocycles. The molecule has 0 saturated heterocycles. The SMILES string of the molecule is COc1ccc(CO[C@@H]2/C=C/C(=O)O[C@H](CC(C)=O)CC[C@H](OCc3ccc(OC)cc3)/C=C/C(=O)O[C@H](CC(C)=O)CC2)cc1. The van der Waals surface area contributed by atoms with Crippen LogP contribution in [0.25, 0.3) is 0 Å². The molecule has 46 heavy (non-hydrogen) atoms. The van der Waals surface area contributed by atoms with Crippen molar-refractivity contribution in [3.63, 3.8) is 0 Å². The fourth-order valence-electron chi connectivity index (χ4n) is 4.85. The molecule has 1 aliphatic heterocycles. The van der Waals surface area contributed by atoms with Crippen LogP contribution in [0.1, 0.15) is 63.5 Å². The molecule has 0 N–H and O–H groups in total. The number of rotatable bonds is 12. The highest BCUT2D eigenvalue weighted by Gasteiger charge is 2.22. The number of esters is 2. The number of methoxy groups -OCH3 is 2. The molecule has 10 heteroatoms. The monoisotopic (exact) mass is 636 g/mol. The van der Waals surface area contributed by atoms with E-state index in [0.29, 0.717) is 37.2 Å². The van der Waals surface area contributed by atoms with Crippen LogP contribution >= 0.6 is 0 Å². The van der Waals surface area contributed by atoms with Crippen molar-refractivity contribution in [2.45, 2.75) is 90.0 Å². The third kappa shape index (κ3) is 13.8. The fraction of sp³-hybridized carbons (Fsp3) is 0.444. The Labute approximate surface area is 270 Å². The molecule has 10 nitrogen and oxygen atoms in total. The zero-order valence-electron chi connectivity index (χ0n) is 27.0. The molecule has 3 rings (SSSR count). The van der Waals surface area contributed by atoms with Gasteiger partial charge in [0.15, 0.2) is 0 Å². The predicted octanol–water partition coefficient (Wildman–Crippen LogP) is 5.64. The van der Waals surface area contributed by atoms with Crippen LogP contribution in [0, 0.1) is 0 Å². The predicted molar refractivity (Wildman–Crippen MR) is 170 cm³/mol. The number of ketones is 2. The van der Waals surface area contributed by atoms with Gasteiger partial charge in [-0.3, -0.25) is 9.59 Å². The van der Waals surface area contributed by atoms with E-state index in [2.05, 4.69) is 0 Å². The molecule has 0 unspecified atom stereocenters. The number of ether oxygens (including phenoxy) is 6. The molecule has 4 atom stereocenters. The zero-order valence-corrected chi connectivity index (χ0v) is 27.0. The maximum atomic E-state index is 12.9. The van der Waals surface area contributed by atoms with E-state index < -0.39 is 36.4 Å².